The van der Waals surface area contributed by atoms with E-state index in [1.54, 1.807) is 48.5 Å². The first-order chi connectivity index (χ1) is 11.6. The Kier molecular flexibility index (Phi) is 4.77. The van der Waals surface area contributed by atoms with Crippen molar-refractivity contribution < 1.29 is 14.1 Å². The van der Waals surface area contributed by atoms with Crippen LogP contribution in [0.5, 0.6) is 5.75 Å². The molecule has 122 valence electrons. The molecule has 0 radical (unpaired) electrons. The Hall–Kier alpha value is -2.86. The van der Waals surface area contributed by atoms with Crippen molar-refractivity contribution in [2.45, 2.75) is 13.0 Å². The predicted molar refractivity (Wildman–Crippen MR) is 87.8 cm³/mol. The van der Waals surface area contributed by atoms with Crippen molar-refractivity contribution >= 4 is 17.5 Å². The van der Waals surface area contributed by atoms with Crippen molar-refractivity contribution in [2.75, 3.05) is 0 Å². The van der Waals surface area contributed by atoms with Crippen LogP contribution in [-0.2, 0) is 13.0 Å². The Morgan fingerprint density at radius 2 is 1.83 bits per heavy atom. The lowest BCUT2D eigenvalue weighted by molar-refractivity contribution is 0.100. The molecule has 0 fully saturated rings. The van der Waals surface area contributed by atoms with Crippen molar-refractivity contribution in [1.82, 2.24) is 10.1 Å². The van der Waals surface area contributed by atoms with Crippen LogP contribution < -0.4 is 10.5 Å². The molecule has 3 rings (SSSR count). The monoisotopic (exact) mass is 343 g/mol. The molecule has 0 spiro atoms. The van der Waals surface area contributed by atoms with Crippen molar-refractivity contribution in [1.29, 1.82) is 0 Å². The highest BCUT2D eigenvalue weighted by molar-refractivity contribution is 6.30. The number of hydrogen-bond donors (Lipinski definition) is 1. The van der Waals surface area contributed by atoms with E-state index >= 15 is 0 Å². The number of rotatable bonds is 6. The van der Waals surface area contributed by atoms with E-state index in [2.05, 4.69) is 10.1 Å². The quantitative estimate of drug-likeness (QED) is 0.742. The maximum absolute atomic E-state index is 11.0. The minimum absolute atomic E-state index is 0.176. The Bertz CT molecular complexity index is 829. The molecular weight excluding hydrogens is 330 g/mol. The van der Waals surface area contributed by atoms with Gasteiger partial charge >= 0.3 is 0 Å². The molecule has 0 atom stereocenters. The van der Waals surface area contributed by atoms with Gasteiger partial charge in [-0.05, 0) is 42.0 Å². The molecule has 0 aliphatic rings. The summed E-state index contributed by atoms with van der Waals surface area (Å²) in [4.78, 5) is 15.3. The number of aromatic nitrogens is 2. The van der Waals surface area contributed by atoms with Gasteiger partial charge < -0.3 is 15.0 Å². The molecule has 1 aromatic heterocycles. The lowest BCUT2D eigenvalue weighted by Gasteiger charge is -2.02. The van der Waals surface area contributed by atoms with Crippen molar-refractivity contribution in [3.05, 3.63) is 76.4 Å². The van der Waals surface area contributed by atoms with Crippen LogP contribution in [0, 0.1) is 0 Å². The summed E-state index contributed by atoms with van der Waals surface area (Å²) in [6.45, 7) is 0.176. The van der Waals surface area contributed by atoms with Gasteiger partial charge in [0.15, 0.2) is 12.4 Å². The topological polar surface area (TPSA) is 91.2 Å². The molecule has 1 heterocycles. The van der Waals surface area contributed by atoms with Crippen LogP contribution in [0.25, 0.3) is 0 Å². The fourth-order valence-corrected chi connectivity index (χ4v) is 2.19. The fraction of sp³-hybridized carbons (Fsp3) is 0.118. The highest BCUT2D eigenvalue weighted by Crippen LogP contribution is 2.17. The third-order valence-electron chi connectivity index (χ3n) is 3.29. The maximum atomic E-state index is 11.0. The van der Waals surface area contributed by atoms with Gasteiger partial charge in [0.2, 0.25) is 5.91 Å². The summed E-state index contributed by atoms with van der Waals surface area (Å²) in [6.07, 6.45) is 0.490. The molecule has 0 aliphatic carbocycles. The molecule has 24 heavy (non-hydrogen) atoms. The second-order valence-electron chi connectivity index (χ2n) is 5.08. The molecular formula is C17H14ClN3O3. The average Bonchev–Trinajstić information content (AvgIpc) is 3.02. The molecule has 3 aromatic rings. The smallest absolute Gasteiger partial charge is 0.264 e. The van der Waals surface area contributed by atoms with E-state index in [0.29, 0.717) is 34.5 Å². The highest BCUT2D eigenvalue weighted by Gasteiger charge is 2.09. The average molecular weight is 344 g/mol. The van der Waals surface area contributed by atoms with Crippen molar-refractivity contribution in [3.63, 3.8) is 0 Å². The zero-order valence-electron chi connectivity index (χ0n) is 12.6. The lowest BCUT2D eigenvalue weighted by Crippen LogP contribution is -2.10. The molecule has 0 bridgehead atoms. The standard InChI is InChI=1S/C17H14ClN3O3/c18-13-5-7-14(8-6-13)23-10-16-20-15(21-24-16)9-11-1-3-12(4-2-11)17(19)22/h1-8H,9-10H2,(H2,19,22). The molecule has 0 saturated heterocycles. The van der Waals surface area contributed by atoms with Crippen LogP contribution in [0.1, 0.15) is 27.6 Å². The zero-order valence-corrected chi connectivity index (χ0v) is 13.4. The Labute approximate surface area is 143 Å². The second kappa shape index (κ2) is 7.14. The lowest BCUT2D eigenvalue weighted by atomic mass is 10.1. The molecule has 2 N–H and O–H groups in total. The van der Waals surface area contributed by atoms with Gasteiger partial charge in [-0.3, -0.25) is 4.79 Å². The number of carbonyl (C=O) groups is 1. The number of primary amides is 1. The number of carbonyl (C=O) groups excluding carboxylic acids is 1. The first-order valence-electron chi connectivity index (χ1n) is 7.19. The molecule has 6 nitrogen and oxygen atoms in total. The minimum Gasteiger partial charge on any atom is -0.484 e. The zero-order chi connectivity index (χ0) is 16.9. The summed E-state index contributed by atoms with van der Waals surface area (Å²) in [6, 6.07) is 14.0. The third-order valence-corrected chi connectivity index (χ3v) is 3.54. The molecule has 2 aromatic carbocycles. The van der Waals surface area contributed by atoms with Crippen LogP contribution >= 0.6 is 11.6 Å². The van der Waals surface area contributed by atoms with Crippen LogP contribution in [-0.4, -0.2) is 16.0 Å². The van der Waals surface area contributed by atoms with Gasteiger partial charge in [-0.15, -0.1) is 0 Å². The Morgan fingerprint density at radius 1 is 1.12 bits per heavy atom. The number of ether oxygens (including phenoxy) is 1. The number of nitrogens with two attached hydrogens (primary N) is 1. The first-order valence-corrected chi connectivity index (χ1v) is 7.56. The normalized spacial score (nSPS) is 10.5. The fourth-order valence-electron chi connectivity index (χ4n) is 2.07. The molecule has 0 saturated carbocycles. The van der Waals surface area contributed by atoms with E-state index in [4.69, 9.17) is 26.6 Å². The van der Waals surface area contributed by atoms with E-state index in [9.17, 15) is 4.79 Å². The summed E-state index contributed by atoms with van der Waals surface area (Å²) in [5, 5.41) is 4.56. The molecule has 0 aliphatic heterocycles. The van der Waals surface area contributed by atoms with Gasteiger partial charge in [0.1, 0.15) is 5.75 Å². The summed E-state index contributed by atoms with van der Waals surface area (Å²) in [5.41, 5.74) is 6.62. The number of halogens is 1. The van der Waals surface area contributed by atoms with Crippen molar-refractivity contribution in [2.24, 2.45) is 5.73 Å². The Balaban J connectivity index is 1.58. The predicted octanol–water partition coefficient (Wildman–Crippen LogP) is 2.99. The molecule has 0 unspecified atom stereocenters. The van der Waals surface area contributed by atoms with E-state index in [-0.39, 0.29) is 6.61 Å². The van der Waals surface area contributed by atoms with Crippen LogP contribution in [0.15, 0.2) is 53.1 Å². The summed E-state index contributed by atoms with van der Waals surface area (Å²) in [7, 11) is 0. The van der Waals surface area contributed by atoms with Gasteiger partial charge in [0, 0.05) is 17.0 Å². The number of nitrogens with zero attached hydrogens (tertiary/aromatic N) is 2. The van der Waals surface area contributed by atoms with E-state index in [0.717, 1.165) is 5.56 Å². The maximum Gasteiger partial charge on any atom is 0.264 e. The number of amides is 1. The van der Waals surface area contributed by atoms with Crippen LogP contribution in [0.2, 0.25) is 5.02 Å². The molecule has 7 heteroatoms. The van der Waals surface area contributed by atoms with E-state index < -0.39 is 5.91 Å². The molecule has 1 amide bonds. The van der Waals surface area contributed by atoms with E-state index in [1.165, 1.54) is 0 Å². The number of benzene rings is 2. The van der Waals surface area contributed by atoms with E-state index in [1.807, 2.05) is 0 Å². The summed E-state index contributed by atoms with van der Waals surface area (Å²) in [5.74, 6) is 1.13. The van der Waals surface area contributed by atoms with Crippen LogP contribution in [0.3, 0.4) is 0 Å². The summed E-state index contributed by atoms with van der Waals surface area (Å²) < 4.78 is 10.7. The van der Waals surface area contributed by atoms with Gasteiger partial charge in [-0.1, -0.05) is 28.9 Å². The van der Waals surface area contributed by atoms with Gasteiger partial charge in [0.05, 0.1) is 0 Å². The van der Waals surface area contributed by atoms with Gasteiger partial charge in [0.25, 0.3) is 5.89 Å². The van der Waals surface area contributed by atoms with Gasteiger partial charge in [-0.2, -0.15) is 4.98 Å². The van der Waals surface area contributed by atoms with Gasteiger partial charge in [-0.25, -0.2) is 0 Å². The third kappa shape index (κ3) is 4.11. The summed E-state index contributed by atoms with van der Waals surface area (Å²) >= 11 is 5.81. The van der Waals surface area contributed by atoms with Crippen LogP contribution in [0.4, 0.5) is 0 Å². The SMILES string of the molecule is NC(=O)c1ccc(Cc2noc(COc3ccc(Cl)cc3)n2)cc1. The van der Waals surface area contributed by atoms with Crippen molar-refractivity contribution in [3.8, 4) is 5.75 Å². The Morgan fingerprint density at radius 3 is 2.50 bits per heavy atom. The number of hydrogen-bond acceptors (Lipinski definition) is 5. The largest absolute Gasteiger partial charge is 0.484 e. The minimum atomic E-state index is -0.456. The highest BCUT2D eigenvalue weighted by atomic mass is 35.5. The first kappa shape index (κ1) is 16.0. The second-order valence-corrected chi connectivity index (χ2v) is 5.52.